The molecule has 23 heteroatoms. The summed E-state index contributed by atoms with van der Waals surface area (Å²) < 4.78 is 118. The van der Waals surface area contributed by atoms with Gasteiger partial charge in [0.2, 0.25) is 10.0 Å². The third-order valence-corrected chi connectivity index (χ3v) is 25.7. The molecule has 1 saturated heterocycles. The lowest BCUT2D eigenvalue weighted by Crippen LogP contribution is -2.52. The van der Waals surface area contributed by atoms with Crippen LogP contribution in [-0.2, 0) is 48.5 Å². The highest BCUT2D eigenvalue weighted by atomic mass is 35.5. The molecule has 7 aliphatic rings. The van der Waals surface area contributed by atoms with Crippen molar-refractivity contribution in [3.8, 4) is 17.1 Å². The standard InChI is InChI=1S/C30H32F3N3O.C29H32Cl3N3O2S.C25H24F3N3O/c1-29(2)19-11-12-30(3,16-19)28(29)34-27(37)25-22-9-7-18(13-17-5-4-6-20(31)14-17)26(22)36(35-25)24-10-8-21(32)15-23(24)33;1-19(21-7-3-2-4-8-21)34-38(36,37)15-14-27-25-12-10-22(16-20-6-5-9-23(30)17-20)29(25)35(33-27)28-13-11-24(31)18-26(28)32;26-18-6-4-5-16(14-18)13-17-7-9-20-23(25(32)30-11-2-1-3-12-30)29-31(24(17)20)22-10-8-19(27)15-21(22)28/h4-6,8,10,14-15,18-19,28H,7,9,11-13,16H2,1-3H3,(H,34,37);5-6,9,11,13-15,17-19,21-22,34H,2-4,7-8,10,12,16H2,1H3;4-6,8,10,14-15,17H,1-3,7,9,11-13H2/b;15-14+;/t18?,19?,28-,30?;19-,22?;/m11./s1. The minimum atomic E-state index is -3.62. The molecule has 562 valence electrons. The predicted molar refractivity (Wildman–Crippen MR) is 406 cm³/mol. The third-order valence-electron chi connectivity index (χ3n) is 23.7. The minimum Gasteiger partial charge on any atom is -0.347 e. The minimum absolute atomic E-state index is 0.0165. The van der Waals surface area contributed by atoms with E-state index in [0.717, 1.165) is 145 Å². The average Bonchev–Trinajstić information content (AvgIpc) is 1.56. The van der Waals surface area contributed by atoms with Crippen molar-refractivity contribution in [2.45, 2.75) is 186 Å². The van der Waals surface area contributed by atoms with Crippen LogP contribution in [0.15, 0.2) is 133 Å². The number of benzene rings is 6. The Morgan fingerprint density at radius 3 is 1.60 bits per heavy atom. The van der Waals surface area contributed by atoms with Gasteiger partial charge in [-0.3, -0.25) is 9.59 Å². The first-order valence-electron chi connectivity index (χ1n) is 37.5. The number of amides is 2. The summed E-state index contributed by atoms with van der Waals surface area (Å²) >= 11 is 19.0. The summed E-state index contributed by atoms with van der Waals surface area (Å²) in [4.78, 5) is 28.9. The van der Waals surface area contributed by atoms with Gasteiger partial charge < -0.3 is 10.2 Å². The molecule has 4 heterocycles. The van der Waals surface area contributed by atoms with Crippen molar-refractivity contribution in [2.75, 3.05) is 13.1 Å². The second-order valence-corrected chi connectivity index (χ2v) is 34.1. The van der Waals surface area contributed by atoms with E-state index in [9.17, 15) is 44.3 Å². The SMILES string of the molecule is CC12CCC(C1)C(C)(C)[C@H]2NC(=O)c1nn(-c2ccc(F)cc2F)c2c1CCC2Cc1cccc(F)c1.C[C@@H](NS(=O)(=O)/C=C/c1nn(-c2ccc(Cl)cc2Cl)c2c1CCC2Cc1cccc(Cl)c1)C1CCCCC1.O=C(c1nn(-c2ccc(F)cc2F)c2c1CCC2Cc1cccc(F)c1)N1CCCCC1. The molecule has 5 unspecified atom stereocenters. The number of hydrogen-bond donors (Lipinski definition) is 2. The summed E-state index contributed by atoms with van der Waals surface area (Å²) in [6.45, 7) is 10.1. The lowest BCUT2D eigenvalue weighted by atomic mass is 9.68. The molecule has 6 aromatic carbocycles. The molecule has 6 aliphatic carbocycles. The third kappa shape index (κ3) is 16.2. The van der Waals surface area contributed by atoms with Gasteiger partial charge in [0.15, 0.2) is 23.0 Å². The maximum atomic E-state index is 15.0. The molecule has 4 fully saturated rings. The molecule has 0 radical (unpaired) electrons. The predicted octanol–water partition coefficient (Wildman–Crippen LogP) is 19.7. The molecular formula is C84H88Cl3F6N9O4S. The highest BCUT2D eigenvalue weighted by Crippen LogP contribution is 2.62. The lowest BCUT2D eigenvalue weighted by Gasteiger charge is -2.43. The van der Waals surface area contributed by atoms with E-state index in [4.69, 9.17) is 39.9 Å². The Morgan fingerprint density at radius 1 is 0.561 bits per heavy atom. The summed E-state index contributed by atoms with van der Waals surface area (Å²) in [5.74, 6) is -2.78. The van der Waals surface area contributed by atoms with E-state index in [2.05, 4.69) is 47.1 Å². The van der Waals surface area contributed by atoms with E-state index in [0.29, 0.717) is 82.8 Å². The van der Waals surface area contributed by atoms with Crippen LogP contribution in [0.2, 0.25) is 15.1 Å². The number of sulfonamides is 1. The number of likely N-dealkylation sites (tertiary alicyclic amines) is 1. The molecular weight excluding hydrogens is 1450 g/mol. The molecule has 9 aromatic rings. The summed E-state index contributed by atoms with van der Waals surface area (Å²) in [6.07, 6.45) is 20.1. The first-order chi connectivity index (χ1) is 51.3. The number of aromatic nitrogens is 6. The Bertz CT molecular complexity index is 4980. The van der Waals surface area contributed by atoms with Gasteiger partial charge in [0.1, 0.15) is 34.6 Å². The van der Waals surface area contributed by atoms with Crippen LogP contribution in [0.1, 0.15) is 212 Å². The van der Waals surface area contributed by atoms with E-state index in [1.807, 2.05) is 52.9 Å². The van der Waals surface area contributed by atoms with Crippen molar-refractivity contribution in [1.82, 2.24) is 44.3 Å². The zero-order chi connectivity index (χ0) is 75.2. The Kier molecular flexibility index (Phi) is 22.3. The van der Waals surface area contributed by atoms with Crippen LogP contribution in [0.4, 0.5) is 26.3 Å². The number of carbonyl (C=O) groups excluding carboxylic acids is 2. The van der Waals surface area contributed by atoms with Gasteiger partial charge in [0, 0.05) is 87.2 Å². The second-order valence-electron chi connectivity index (χ2n) is 31.2. The van der Waals surface area contributed by atoms with Crippen LogP contribution >= 0.6 is 34.8 Å². The van der Waals surface area contributed by atoms with Crippen molar-refractivity contribution in [3.05, 3.63) is 250 Å². The molecule has 107 heavy (non-hydrogen) atoms. The number of rotatable bonds is 17. The highest BCUT2D eigenvalue weighted by molar-refractivity contribution is 7.92. The maximum Gasteiger partial charge on any atom is 0.274 e. The summed E-state index contributed by atoms with van der Waals surface area (Å²) in [5.41, 5.74) is 10.3. The second kappa shape index (κ2) is 31.5. The van der Waals surface area contributed by atoms with Gasteiger partial charge in [-0.2, -0.15) is 15.3 Å². The van der Waals surface area contributed by atoms with Crippen molar-refractivity contribution in [2.24, 2.45) is 22.7 Å². The number of halogens is 9. The zero-order valence-corrected chi connectivity index (χ0v) is 63.5. The quantitative estimate of drug-likeness (QED) is 0.0862. The van der Waals surface area contributed by atoms with Gasteiger partial charge >= 0.3 is 0 Å². The number of hydrogen-bond acceptors (Lipinski definition) is 7. The first kappa shape index (κ1) is 75.8. The number of nitrogens with one attached hydrogen (secondary N) is 2. The fourth-order valence-electron chi connectivity index (χ4n) is 18.5. The van der Waals surface area contributed by atoms with Crippen LogP contribution in [-0.4, -0.2) is 79.6 Å². The van der Waals surface area contributed by atoms with Gasteiger partial charge in [-0.1, -0.05) is 111 Å². The molecule has 2 N–H and O–H groups in total. The molecule has 2 amide bonds. The van der Waals surface area contributed by atoms with Crippen molar-refractivity contribution in [3.63, 3.8) is 0 Å². The molecule has 13 nitrogen and oxygen atoms in total. The Balaban J connectivity index is 0.000000135. The summed E-state index contributed by atoms with van der Waals surface area (Å²) in [5, 5.41) is 20.4. The van der Waals surface area contributed by atoms with Gasteiger partial charge in [0.25, 0.3) is 11.8 Å². The van der Waals surface area contributed by atoms with E-state index < -0.39 is 33.3 Å². The molecule has 16 rings (SSSR count). The smallest absolute Gasteiger partial charge is 0.274 e. The molecule has 7 atom stereocenters. The van der Waals surface area contributed by atoms with Crippen LogP contribution in [0.25, 0.3) is 23.1 Å². The van der Waals surface area contributed by atoms with Gasteiger partial charge in [0.05, 0.1) is 33.5 Å². The van der Waals surface area contributed by atoms with E-state index in [1.54, 1.807) is 30.3 Å². The molecule has 0 spiro atoms. The average molecular weight is 1540 g/mol. The van der Waals surface area contributed by atoms with Crippen LogP contribution in [0.3, 0.4) is 0 Å². The van der Waals surface area contributed by atoms with E-state index in [1.165, 1.54) is 89.0 Å². The summed E-state index contributed by atoms with van der Waals surface area (Å²) in [6, 6.07) is 32.8. The van der Waals surface area contributed by atoms with Crippen LogP contribution < -0.4 is 10.0 Å². The fraction of sp³-hybridized carbons (Fsp3) is 0.417. The molecule has 2 bridgehead atoms. The Morgan fingerprint density at radius 2 is 1.06 bits per heavy atom. The van der Waals surface area contributed by atoms with E-state index >= 15 is 0 Å². The highest BCUT2D eigenvalue weighted by Gasteiger charge is 2.60. The van der Waals surface area contributed by atoms with Crippen LogP contribution in [0, 0.1) is 57.6 Å². The first-order valence-corrected chi connectivity index (χ1v) is 40.2. The number of fused-ring (bicyclic) bond motifs is 5. The number of nitrogens with zero attached hydrogens (tertiary/aromatic N) is 7. The monoisotopic (exact) mass is 1540 g/mol. The summed E-state index contributed by atoms with van der Waals surface area (Å²) in [7, 11) is -3.62. The van der Waals surface area contributed by atoms with E-state index in [-0.39, 0.29) is 75.5 Å². The van der Waals surface area contributed by atoms with Gasteiger partial charge in [-0.15, -0.1) is 0 Å². The number of piperidine rings is 1. The fourth-order valence-corrected chi connectivity index (χ4v) is 20.3. The van der Waals surface area contributed by atoms with Gasteiger partial charge in [-0.05, 0) is 240 Å². The molecule has 3 aromatic heterocycles. The Labute approximate surface area is 636 Å². The normalized spacial score (nSPS) is 21.7. The van der Waals surface area contributed by atoms with Crippen LogP contribution in [0.5, 0.6) is 0 Å². The largest absolute Gasteiger partial charge is 0.347 e. The van der Waals surface area contributed by atoms with Crippen molar-refractivity contribution < 1.29 is 44.3 Å². The number of carbonyl (C=O) groups is 2. The lowest BCUT2D eigenvalue weighted by molar-refractivity contribution is 0.0715. The topological polar surface area (TPSA) is 149 Å². The van der Waals surface area contributed by atoms with Crippen molar-refractivity contribution in [1.29, 1.82) is 0 Å². The van der Waals surface area contributed by atoms with Crippen molar-refractivity contribution >= 4 is 62.7 Å². The zero-order valence-electron chi connectivity index (χ0n) is 60.5. The molecule has 1 aliphatic heterocycles. The Hall–Kier alpha value is -8.01. The molecule has 3 saturated carbocycles. The van der Waals surface area contributed by atoms with Gasteiger partial charge in [-0.25, -0.2) is 53.5 Å². The maximum absolute atomic E-state index is 15.0.